The predicted molar refractivity (Wildman–Crippen MR) is 78.4 cm³/mol. The summed E-state index contributed by atoms with van der Waals surface area (Å²) in [5, 5.41) is 17.1. The van der Waals surface area contributed by atoms with Crippen LogP contribution in [0.15, 0.2) is 29.8 Å². The second kappa shape index (κ2) is 6.33. The third-order valence-electron chi connectivity index (χ3n) is 2.89. The van der Waals surface area contributed by atoms with Crippen molar-refractivity contribution in [2.75, 3.05) is 12.4 Å². The van der Waals surface area contributed by atoms with Gasteiger partial charge in [-0.25, -0.2) is 4.98 Å². The molecular weight excluding hydrogens is 278 g/mol. The number of aromatic nitrogens is 1. The monoisotopic (exact) mass is 293 g/mol. The van der Waals surface area contributed by atoms with Crippen LogP contribution in [0, 0.1) is 10.1 Å². The third-order valence-corrected chi connectivity index (χ3v) is 3.78. The maximum atomic E-state index is 11.1. The largest absolute Gasteiger partial charge is 0.497 e. The van der Waals surface area contributed by atoms with Crippen LogP contribution >= 0.6 is 11.3 Å². The summed E-state index contributed by atoms with van der Waals surface area (Å²) in [6.45, 7) is 2.01. The van der Waals surface area contributed by atoms with Crippen LogP contribution in [-0.4, -0.2) is 17.0 Å². The van der Waals surface area contributed by atoms with Crippen molar-refractivity contribution in [2.45, 2.75) is 19.4 Å². The molecule has 7 heteroatoms. The Balaban J connectivity index is 2.33. The molecule has 1 aromatic heterocycles. The van der Waals surface area contributed by atoms with Gasteiger partial charge in [0, 0.05) is 23.7 Å². The van der Waals surface area contributed by atoms with Crippen LogP contribution in [0.2, 0.25) is 0 Å². The van der Waals surface area contributed by atoms with Crippen LogP contribution in [0.4, 0.5) is 11.4 Å². The zero-order valence-electron chi connectivity index (χ0n) is 11.2. The van der Waals surface area contributed by atoms with Gasteiger partial charge < -0.3 is 10.1 Å². The molecule has 2 rings (SSSR count). The van der Waals surface area contributed by atoms with Crippen molar-refractivity contribution < 1.29 is 9.66 Å². The van der Waals surface area contributed by atoms with Gasteiger partial charge in [0.1, 0.15) is 16.4 Å². The van der Waals surface area contributed by atoms with Crippen molar-refractivity contribution in [3.8, 4) is 5.75 Å². The molecule has 0 radical (unpaired) electrons. The smallest absolute Gasteiger partial charge is 0.292 e. The van der Waals surface area contributed by atoms with Gasteiger partial charge in [-0.3, -0.25) is 10.1 Å². The van der Waals surface area contributed by atoms with Gasteiger partial charge in [-0.05, 0) is 12.5 Å². The number of nitro benzene ring substituents is 1. The Hall–Kier alpha value is -2.15. The molecule has 0 fully saturated rings. The molecule has 1 heterocycles. The highest BCUT2D eigenvalue weighted by molar-refractivity contribution is 7.09. The van der Waals surface area contributed by atoms with Gasteiger partial charge in [-0.2, -0.15) is 0 Å². The molecule has 1 aromatic carbocycles. The fourth-order valence-electron chi connectivity index (χ4n) is 1.85. The third kappa shape index (κ3) is 3.05. The molecule has 1 unspecified atom stereocenters. The molecule has 0 aliphatic carbocycles. The minimum absolute atomic E-state index is 0.0285. The lowest BCUT2D eigenvalue weighted by Gasteiger charge is -2.16. The van der Waals surface area contributed by atoms with E-state index in [9.17, 15) is 10.1 Å². The second-order valence-electron chi connectivity index (χ2n) is 4.12. The minimum Gasteiger partial charge on any atom is -0.497 e. The summed E-state index contributed by atoms with van der Waals surface area (Å²) in [5.41, 5.74) is 0.470. The second-order valence-corrected chi connectivity index (χ2v) is 5.04. The maximum Gasteiger partial charge on any atom is 0.292 e. The number of nitrogens with one attached hydrogen (secondary N) is 1. The van der Waals surface area contributed by atoms with Crippen LogP contribution in [-0.2, 0) is 0 Å². The van der Waals surface area contributed by atoms with E-state index in [1.807, 2.05) is 12.3 Å². The van der Waals surface area contributed by atoms with Gasteiger partial charge in [0.25, 0.3) is 5.69 Å². The Morgan fingerprint density at radius 3 is 2.90 bits per heavy atom. The number of ether oxygens (including phenoxy) is 1. The van der Waals surface area contributed by atoms with Crippen LogP contribution in [0.3, 0.4) is 0 Å². The molecular formula is C13H15N3O3S. The summed E-state index contributed by atoms with van der Waals surface area (Å²) < 4.78 is 5.12. The maximum absolute atomic E-state index is 11.1. The minimum atomic E-state index is -0.406. The van der Waals surface area contributed by atoms with E-state index < -0.39 is 4.92 Å². The average molecular weight is 293 g/mol. The number of nitrogens with zero attached hydrogens (tertiary/aromatic N) is 2. The van der Waals surface area contributed by atoms with Crippen LogP contribution in [0.25, 0.3) is 0 Å². The summed E-state index contributed by atoms with van der Waals surface area (Å²) in [6, 6.07) is 4.60. The first-order valence-electron chi connectivity index (χ1n) is 6.14. The highest BCUT2D eigenvalue weighted by Crippen LogP contribution is 2.33. The summed E-state index contributed by atoms with van der Waals surface area (Å²) in [7, 11) is 1.53. The van der Waals surface area contributed by atoms with E-state index in [0.29, 0.717) is 11.4 Å². The molecule has 0 aliphatic heterocycles. The number of nitro groups is 1. The van der Waals surface area contributed by atoms with E-state index in [-0.39, 0.29) is 11.7 Å². The van der Waals surface area contributed by atoms with E-state index in [1.54, 1.807) is 18.3 Å². The quantitative estimate of drug-likeness (QED) is 0.650. The lowest BCUT2D eigenvalue weighted by atomic mass is 10.2. The molecule has 1 atom stereocenters. The Bertz CT molecular complexity index is 587. The number of rotatable bonds is 6. The van der Waals surface area contributed by atoms with Gasteiger partial charge in [0.15, 0.2) is 0 Å². The number of hydrogen-bond donors (Lipinski definition) is 1. The molecule has 0 spiro atoms. The van der Waals surface area contributed by atoms with E-state index in [2.05, 4.69) is 10.3 Å². The van der Waals surface area contributed by atoms with Crippen molar-refractivity contribution in [1.29, 1.82) is 0 Å². The zero-order valence-corrected chi connectivity index (χ0v) is 12.0. The van der Waals surface area contributed by atoms with Crippen molar-refractivity contribution in [3.05, 3.63) is 44.9 Å². The molecule has 0 saturated heterocycles. The molecule has 2 aromatic rings. The number of methoxy groups -OCH3 is 1. The number of thiazole rings is 1. The van der Waals surface area contributed by atoms with E-state index in [4.69, 9.17) is 4.74 Å². The molecule has 1 N–H and O–H groups in total. The Morgan fingerprint density at radius 1 is 1.55 bits per heavy atom. The van der Waals surface area contributed by atoms with Crippen molar-refractivity contribution >= 4 is 22.7 Å². The number of benzene rings is 1. The SMILES string of the molecule is CCC(Nc1cc(OC)ccc1[N+](=O)[O-])c1nccs1. The van der Waals surface area contributed by atoms with Gasteiger partial charge >= 0.3 is 0 Å². The first kappa shape index (κ1) is 14.3. The van der Waals surface area contributed by atoms with Gasteiger partial charge in [0.2, 0.25) is 0 Å². The molecule has 106 valence electrons. The van der Waals surface area contributed by atoms with Crippen LogP contribution < -0.4 is 10.1 Å². The van der Waals surface area contributed by atoms with Crippen LogP contribution in [0.1, 0.15) is 24.4 Å². The summed E-state index contributed by atoms with van der Waals surface area (Å²) in [5.74, 6) is 0.576. The molecule has 0 amide bonds. The lowest BCUT2D eigenvalue weighted by Crippen LogP contribution is -2.10. The van der Waals surface area contributed by atoms with Crippen molar-refractivity contribution in [2.24, 2.45) is 0 Å². The Kier molecular flexibility index (Phi) is 4.52. The normalized spacial score (nSPS) is 11.9. The van der Waals surface area contributed by atoms with Gasteiger partial charge in [0.05, 0.1) is 18.1 Å². The molecule has 6 nitrogen and oxygen atoms in total. The molecule has 0 bridgehead atoms. The van der Waals surface area contributed by atoms with Gasteiger partial charge in [-0.1, -0.05) is 6.92 Å². The highest BCUT2D eigenvalue weighted by atomic mass is 32.1. The van der Waals surface area contributed by atoms with E-state index in [1.165, 1.54) is 24.5 Å². The molecule has 20 heavy (non-hydrogen) atoms. The number of anilines is 1. The summed E-state index contributed by atoms with van der Waals surface area (Å²) in [6.07, 6.45) is 2.51. The average Bonchev–Trinajstić information content (AvgIpc) is 2.98. The van der Waals surface area contributed by atoms with Crippen molar-refractivity contribution in [3.63, 3.8) is 0 Å². The van der Waals surface area contributed by atoms with Gasteiger partial charge in [-0.15, -0.1) is 11.3 Å². The summed E-state index contributed by atoms with van der Waals surface area (Å²) >= 11 is 1.52. The summed E-state index contributed by atoms with van der Waals surface area (Å²) in [4.78, 5) is 14.9. The predicted octanol–water partition coefficient (Wildman–Crippen LogP) is 3.62. The fraction of sp³-hybridized carbons (Fsp3) is 0.308. The first-order valence-corrected chi connectivity index (χ1v) is 7.02. The van der Waals surface area contributed by atoms with E-state index in [0.717, 1.165) is 11.4 Å². The lowest BCUT2D eigenvalue weighted by molar-refractivity contribution is -0.384. The fourth-order valence-corrected chi connectivity index (χ4v) is 2.62. The molecule has 0 aliphatic rings. The standard InChI is InChI=1S/C13H15N3O3S/c1-3-10(13-14-6-7-20-13)15-11-8-9(19-2)4-5-12(11)16(17)18/h4-8,10,15H,3H2,1-2H3. The van der Waals surface area contributed by atoms with Crippen molar-refractivity contribution in [1.82, 2.24) is 4.98 Å². The Morgan fingerprint density at radius 2 is 2.35 bits per heavy atom. The Labute approximate surface area is 120 Å². The first-order chi connectivity index (χ1) is 9.65. The number of hydrogen-bond acceptors (Lipinski definition) is 6. The topological polar surface area (TPSA) is 77.3 Å². The van der Waals surface area contributed by atoms with Crippen LogP contribution in [0.5, 0.6) is 5.75 Å². The van der Waals surface area contributed by atoms with E-state index >= 15 is 0 Å². The molecule has 0 saturated carbocycles. The highest BCUT2D eigenvalue weighted by Gasteiger charge is 2.19. The zero-order chi connectivity index (χ0) is 14.5.